The van der Waals surface area contributed by atoms with Crippen molar-refractivity contribution in [2.45, 2.75) is 27.2 Å². The fourth-order valence-electron chi connectivity index (χ4n) is 1.01. The molecule has 0 saturated carbocycles. The molecule has 1 aromatic carbocycles. The Kier molecular flexibility index (Phi) is 2.94. The zero-order chi connectivity index (χ0) is 8.97. The molecule has 0 N–H and O–H groups in total. The highest BCUT2D eigenvalue weighted by Crippen LogP contribution is 2.08. The number of benzene rings is 1. The standard InChI is InChI=1S/C12H14/c1-4-5-6-12-8-7-10(2)11(3)9-12/h7-9H,4H2,1-3H3. The smallest absolute Gasteiger partial charge is 0.0248 e. The fraction of sp³-hybridized carbons (Fsp3) is 0.333. The van der Waals surface area contributed by atoms with Crippen molar-refractivity contribution in [2.24, 2.45) is 0 Å². The average Bonchev–Trinajstić information content (AvgIpc) is 2.07. The minimum absolute atomic E-state index is 0.924. The third-order valence-corrected chi connectivity index (χ3v) is 1.92. The molecule has 0 atom stereocenters. The zero-order valence-corrected chi connectivity index (χ0v) is 7.94. The van der Waals surface area contributed by atoms with Gasteiger partial charge >= 0.3 is 0 Å². The summed E-state index contributed by atoms with van der Waals surface area (Å²) < 4.78 is 0. The SMILES string of the molecule is CCC#Cc1ccc(C)c(C)c1. The van der Waals surface area contributed by atoms with E-state index in [2.05, 4.69) is 50.8 Å². The normalized spacial score (nSPS) is 8.92. The van der Waals surface area contributed by atoms with Gasteiger partial charge in [0.2, 0.25) is 0 Å². The van der Waals surface area contributed by atoms with Crippen LogP contribution in [0.2, 0.25) is 0 Å². The predicted octanol–water partition coefficient (Wildman–Crippen LogP) is 3.06. The van der Waals surface area contributed by atoms with E-state index in [0.29, 0.717) is 0 Å². The summed E-state index contributed by atoms with van der Waals surface area (Å²) in [4.78, 5) is 0. The van der Waals surface area contributed by atoms with Crippen molar-refractivity contribution in [2.75, 3.05) is 0 Å². The Morgan fingerprint density at radius 2 is 1.92 bits per heavy atom. The average molecular weight is 158 g/mol. The maximum atomic E-state index is 3.11. The summed E-state index contributed by atoms with van der Waals surface area (Å²) in [7, 11) is 0. The number of rotatable bonds is 0. The quantitative estimate of drug-likeness (QED) is 0.509. The van der Waals surface area contributed by atoms with E-state index in [9.17, 15) is 0 Å². The molecule has 0 heterocycles. The van der Waals surface area contributed by atoms with Crippen molar-refractivity contribution in [3.05, 3.63) is 34.9 Å². The van der Waals surface area contributed by atoms with Gasteiger partial charge in [0.25, 0.3) is 0 Å². The molecule has 0 saturated heterocycles. The minimum atomic E-state index is 0.924. The van der Waals surface area contributed by atoms with E-state index in [0.717, 1.165) is 12.0 Å². The van der Waals surface area contributed by atoms with Gasteiger partial charge in [-0.2, -0.15) is 0 Å². The van der Waals surface area contributed by atoms with Crippen molar-refractivity contribution in [1.82, 2.24) is 0 Å². The van der Waals surface area contributed by atoms with Gasteiger partial charge in [-0.15, -0.1) is 0 Å². The lowest BCUT2D eigenvalue weighted by Gasteiger charge is -1.98. The highest BCUT2D eigenvalue weighted by atomic mass is 14.0. The van der Waals surface area contributed by atoms with E-state index in [4.69, 9.17) is 0 Å². The first-order valence-electron chi connectivity index (χ1n) is 4.30. The molecule has 0 bridgehead atoms. The van der Waals surface area contributed by atoms with E-state index >= 15 is 0 Å². The molecule has 0 aliphatic carbocycles. The summed E-state index contributed by atoms with van der Waals surface area (Å²) in [5.74, 6) is 6.17. The molecule has 0 aromatic heterocycles. The van der Waals surface area contributed by atoms with Crippen molar-refractivity contribution in [1.29, 1.82) is 0 Å². The first-order valence-corrected chi connectivity index (χ1v) is 4.30. The van der Waals surface area contributed by atoms with E-state index in [1.54, 1.807) is 0 Å². The number of hydrogen-bond donors (Lipinski definition) is 0. The van der Waals surface area contributed by atoms with Gasteiger partial charge in [-0.1, -0.05) is 24.8 Å². The number of aryl methyl sites for hydroxylation is 2. The molecule has 0 nitrogen and oxygen atoms in total. The summed E-state index contributed by atoms with van der Waals surface area (Å²) in [6.07, 6.45) is 0.924. The fourth-order valence-corrected chi connectivity index (χ4v) is 1.01. The molecule has 0 spiro atoms. The van der Waals surface area contributed by atoms with Crippen molar-refractivity contribution in [3.63, 3.8) is 0 Å². The molecule has 12 heavy (non-hydrogen) atoms. The van der Waals surface area contributed by atoms with Gasteiger partial charge in [0.05, 0.1) is 0 Å². The Morgan fingerprint density at radius 1 is 1.17 bits per heavy atom. The summed E-state index contributed by atoms with van der Waals surface area (Å²) in [5, 5.41) is 0. The Hall–Kier alpha value is -1.22. The summed E-state index contributed by atoms with van der Waals surface area (Å²) in [5.41, 5.74) is 3.77. The van der Waals surface area contributed by atoms with Crippen LogP contribution in [-0.4, -0.2) is 0 Å². The van der Waals surface area contributed by atoms with Crippen LogP contribution >= 0.6 is 0 Å². The van der Waals surface area contributed by atoms with Crippen LogP contribution in [0.5, 0.6) is 0 Å². The molecular weight excluding hydrogens is 144 g/mol. The molecule has 0 aliphatic heterocycles. The molecule has 0 aliphatic rings. The second kappa shape index (κ2) is 3.97. The Morgan fingerprint density at radius 3 is 2.50 bits per heavy atom. The van der Waals surface area contributed by atoms with Crippen molar-refractivity contribution >= 4 is 0 Å². The van der Waals surface area contributed by atoms with Gasteiger partial charge in [0.15, 0.2) is 0 Å². The highest BCUT2D eigenvalue weighted by molar-refractivity contribution is 5.39. The van der Waals surface area contributed by atoms with Gasteiger partial charge in [-0.05, 0) is 37.1 Å². The maximum Gasteiger partial charge on any atom is 0.0248 e. The molecule has 1 aromatic rings. The van der Waals surface area contributed by atoms with E-state index in [1.165, 1.54) is 11.1 Å². The van der Waals surface area contributed by atoms with E-state index < -0.39 is 0 Å². The Bertz CT molecular complexity index is 324. The van der Waals surface area contributed by atoms with Crippen LogP contribution in [0.15, 0.2) is 18.2 Å². The van der Waals surface area contributed by atoms with Gasteiger partial charge in [-0.25, -0.2) is 0 Å². The molecule has 1 rings (SSSR count). The maximum absolute atomic E-state index is 3.11. The molecule has 62 valence electrons. The predicted molar refractivity (Wildman–Crippen MR) is 53.1 cm³/mol. The summed E-state index contributed by atoms with van der Waals surface area (Å²) in [6, 6.07) is 6.33. The minimum Gasteiger partial charge on any atom is -0.0982 e. The van der Waals surface area contributed by atoms with Crippen molar-refractivity contribution in [3.8, 4) is 11.8 Å². The monoisotopic (exact) mass is 158 g/mol. The molecule has 0 heteroatoms. The highest BCUT2D eigenvalue weighted by Gasteiger charge is 1.91. The topological polar surface area (TPSA) is 0 Å². The lowest BCUT2D eigenvalue weighted by molar-refractivity contribution is 1.27. The Balaban J connectivity index is 2.97. The molecular formula is C12H14. The lowest BCUT2D eigenvalue weighted by atomic mass is 10.1. The van der Waals surface area contributed by atoms with E-state index in [1.807, 2.05) is 0 Å². The van der Waals surface area contributed by atoms with Gasteiger partial charge in [0, 0.05) is 12.0 Å². The molecule has 0 fully saturated rings. The second-order valence-corrected chi connectivity index (χ2v) is 2.95. The first-order chi connectivity index (χ1) is 5.74. The van der Waals surface area contributed by atoms with Crippen LogP contribution in [0, 0.1) is 25.7 Å². The van der Waals surface area contributed by atoms with Crippen LogP contribution in [0.3, 0.4) is 0 Å². The molecule has 0 unspecified atom stereocenters. The van der Waals surface area contributed by atoms with Gasteiger partial charge in [0.1, 0.15) is 0 Å². The van der Waals surface area contributed by atoms with Crippen LogP contribution in [0.4, 0.5) is 0 Å². The lowest BCUT2D eigenvalue weighted by Crippen LogP contribution is -1.81. The van der Waals surface area contributed by atoms with E-state index in [-0.39, 0.29) is 0 Å². The first kappa shape index (κ1) is 8.87. The Labute approximate surface area is 74.6 Å². The third kappa shape index (κ3) is 2.13. The number of hydrogen-bond acceptors (Lipinski definition) is 0. The van der Waals surface area contributed by atoms with Crippen molar-refractivity contribution < 1.29 is 0 Å². The summed E-state index contributed by atoms with van der Waals surface area (Å²) >= 11 is 0. The van der Waals surface area contributed by atoms with Crippen LogP contribution in [0.25, 0.3) is 0 Å². The molecule has 0 radical (unpaired) electrons. The second-order valence-electron chi connectivity index (χ2n) is 2.95. The van der Waals surface area contributed by atoms with Crippen LogP contribution in [0.1, 0.15) is 30.0 Å². The summed E-state index contributed by atoms with van der Waals surface area (Å²) in [6.45, 7) is 6.30. The van der Waals surface area contributed by atoms with Crippen LogP contribution in [-0.2, 0) is 0 Å². The zero-order valence-electron chi connectivity index (χ0n) is 7.94. The van der Waals surface area contributed by atoms with Crippen LogP contribution < -0.4 is 0 Å². The largest absolute Gasteiger partial charge is 0.0982 e. The molecule has 0 amide bonds. The van der Waals surface area contributed by atoms with Gasteiger partial charge in [-0.3, -0.25) is 0 Å². The van der Waals surface area contributed by atoms with Gasteiger partial charge < -0.3 is 0 Å². The third-order valence-electron chi connectivity index (χ3n) is 1.92.